The zero-order valence-corrected chi connectivity index (χ0v) is 17.2. The van der Waals surface area contributed by atoms with Crippen molar-refractivity contribution in [3.05, 3.63) is 29.8 Å². The number of amides is 2. The van der Waals surface area contributed by atoms with Crippen molar-refractivity contribution in [1.29, 1.82) is 0 Å². The van der Waals surface area contributed by atoms with Gasteiger partial charge in [-0.3, -0.25) is 9.59 Å². The van der Waals surface area contributed by atoms with Crippen molar-refractivity contribution < 1.29 is 14.3 Å². The predicted octanol–water partition coefficient (Wildman–Crippen LogP) is 3.43. The summed E-state index contributed by atoms with van der Waals surface area (Å²) < 4.78 is 5.54. The third-order valence-electron chi connectivity index (χ3n) is 5.51. The maximum atomic E-state index is 13.0. The number of benzene rings is 1. The van der Waals surface area contributed by atoms with Crippen LogP contribution in [0.25, 0.3) is 0 Å². The minimum absolute atomic E-state index is 0.0290. The molecule has 1 aliphatic heterocycles. The van der Waals surface area contributed by atoms with Crippen molar-refractivity contribution in [2.45, 2.75) is 56.1 Å². The number of rotatable bonds is 5. The van der Waals surface area contributed by atoms with Gasteiger partial charge in [-0.1, -0.05) is 31.4 Å². The van der Waals surface area contributed by atoms with Crippen LogP contribution in [0.4, 0.5) is 0 Å². The van der Waals surface area contributed by atoms with Gasteiger partial charge < -0.3 is 14.5 Å². The third kappa shape index (κ3) is 5.26. The maximum absolute atomic E-state index is 13.0. The van der Waals surface area contributed by atoms with Crippen LogP contribution in [0.2, 0.25) is 0 Å². The monoisotopic (exact) mass is 390 g/mol. The van der Waals surface area contributed by atoms with Crippen molar-refractivity contribution >= 4 is 23.6 Å². The molecule has 2 fully saturated rings. The van der Waals surface area contributed by atoms with E-state index in [1.54, 1.807) is 0 Å². The zero-order valence-electron chi connectivity index (χ0n) is 16.4. The highest BCUT2D eigenvalue weighted by molar-refractivity contribution is 8.00. The van der Waals surface area contributed by atoms with Gasteiger partial charge in [-0.05, 0) is 31.9 Å². The molecule has 1 atom stereocenters. The number of ether oxygens (including phenoxy) is 1. The molecule has 0 N–H and O–H groups in total. The summed E-state index contributed by atoms with van der Waals surface area (Å²) in [5.41, 5.74) is 0.685. The number of carbonyl (C=O) groups is 2. The molecule has 1 saturated heterocycles. The van der Waals surface area contributed by atoms with Crippen molar-refractivity contribution in [1.82, 2.24) is 9.80 Å². The Morgan fingerprint density at radius 1 is 1.22 bits per heavy atom. The zero-order chi connectivity index (χ0) is 19.2. The van der Waals surface area contributed by atoms with Crippen molar-refractivity contribution in [3.63, 3.8) is 0 Å². The second kappa shape index (κ2) is 9.60. The molecule has 0 aromatic heterocycles. The number of hydrogen-bond donors (Lipinski definition) is 0. The highest BCUT2D eigenvalue weighted by atomic mass is 32.2. The molecule has 1 aromatic rings. The topological polar surface area (TPSA) is 49.9 Å². The van der Waals surface area contributed by atoms with Crippen LogP contribution in [0.5, 0.6) is 0 Å². The number of carbonyl (C=O) groups excluding carboxylic acids is 2. The Morgan fingerprint density at radius 3 is 2.70 bits per heavy atom. The van der Waals surface area contributed by atoms with Gasteiger partial charge in [0.05, 0.1) is 24.0 Å². The molecular formula is C21H30N2O3S. The van der Waals surface area contributed by atoms with E-state index in [0.29, 0.717) is 37.1 Å². The minimum Gasteiger partial charge on any atom is -0.375 e. The Kier molecular flexibility index (Phi) is 7.19. The molecule has 6 heteroatoms. The maximum Gasteiger partial charge on any atom is 0.255 e. The molecule has 1 saturated carbocycles. The standard InChI is InChI=1S/C21H30N2O3S/c1-16-14-23(12-13-26-16)21(25)18-10-6-7-11-19(18)27-15-20(24)22(2)17-8-4-3-5-9-17/h6-7,10-11,16-17H,3-5,8-9,12-15H2,1-2H3. The Hall–Kier alpha value is -1.53. The van der Waals surface area contributed by atoms with Gasteiger partial charge in [0.1, 0.15) is 0 Å². The van der Waals surface area contributed by atoms with Gasteiger partial charge in [0.15, 0.2) is 0 Å². The largest absolute Gasteiger partial charge is 0.375 e. The molecule has 1 aliphatic carbocycles. The van der Waals surface area contributed by atoms with Gasteiger partial charge in [-0.25, -0.2) is 0 Å². The highest BCUT2D eigenvalue weighted by Crippen LogP contribution is 2.27. The van der Waals surface area contributed by atoms with Gasteiger partial charge in [0.25, 0.3) is 5.91 Å². The van der Waals surface area contributed by atoms with E-state index < -0.39 is 0 Å². The van der Waals surface area contributed by atoms with Gasteiger partial charge in [0.2, 0.25) is 5.91 Å². The Bertz CT molecular complexity index is 661. The molecule has 1 unspecified atom stereocenters. The van der Waals surface area contributed by atoms with Gasteiger partial charge in [0, 0.05) is 31.1 Å². The molecular weight excluding hydrogens is 360 g/mol. The fourth-order valence-corrected chi connectivity index (χ4v) is 4.82. The Balaban J connectivity index is 1.62. The predicted molar refractivity (Wildman–Crippen MR) is 108 cm³/mol. The molecule has 0 bridgehead atoms. The summed E-state index contributed by atoms with van der Waals surface area (Å²) in [4.78, 5) is 30.2. The summed E-state index contributed by atoms with van der Waals surface area (Å²) in [7, 11) is 1.92. The lowest BCUT2D eigenvalue weighted by Crippen LogP contribution is -2.44. The molecule has 3 rings (SSSR count). The summed E-state index contributed by atoms with van der Waals surface area (Å²) >= 11 is 1.47. The van der Waals surface area contributed by atoms with Crippen LogP contribution in [0.15, 0.2) is 29.2 Å². The smallest absolute Gasteiger partial charge is 0.255 e. The van der Waals surface area contributed by atoms with E-state index in [9.17, 15) is 9.59 Å². The lowest BCUT2D eigenvalue weighted by molar-refractivity contribution is -0.129. The fourth-order valence-electron chi connectivity index (χ4n) is 3.86. The summed E-state index contributed by atoms with van der Waals surface area (Å²) in [5.74, 6) is 0.548. The lowest BCUT2D eigenvalue weighted by atomic mass is 9.94. The van der Waals surface area contributed by atoms with E-state index in [4.69, 9.17) is 4.74 Å². The van der Waals surface area contributed by atoms with E-state index in [0.717, 1.165) is 17.7 Å². The number of thioether (sulfide) groups is 1. The minimum atomic E-state index is 0.0290. The first-order valence-electron chi connectivity index (χ1n) is 9.94. The van der Waals surface area contributed by atoms with Gasteiger partial charge in [-0.2, -0.15) is 0 Å². The molecule has 5 nitrogen and oxygen atoms in total. The van der Waals surface area contributed by atoms with Crippen LogP contribution in [0.3, 0.4) is 0 Å². The van der Waals surface area contributed by atoms with Crippen LogP contribution in [0.1, 0.15) is 49.4 Å². The highest BCUT2D eigenvalue weighted by Gasteiger charge is 2.25. The van der Waals surface area contributed by atoms with Crippen molar-refractivity contribution in [3.8, 4) is 0 Å². The lowest BCUT2D eigenvalue weighted by Gasteiger charge is -2.32. The van der Waals surface area contributed by atoms with Gasteiger partial charge >= 0.3 is 0 Å². The molecule has 2 amide bonds. The van der Waals surface area contributed by atoms with Crippen molar-refractivity contribution in [2.24, 2.45) is 0 Å². The molecule has 2 aliphatic rings. The first kappa shape index (κ1) is 20.2. The average molecular weight is 391 g/mol. The van der Waals surface area contributed by atoms with E-state index in [1.165, 1.54) is 31.0 Å². The van der Waals surface area contributed by atoms with E-state index in [1.807, 2.05) is 48.0 Å². The third-order valence-corrected chi connectivity index (χ3v) is 6.57. The Morgan fingerprint density at radius 2 is 1.96 bits per heavy atom. The number of morpholine rings is 1. The van der Waals surface area contributed by atoms with Crippen molar-refractivity contribution in [2.75, 3.05) is 32.5 Å². The first-order valence-corrected chi connectivity index (χ1v) is 10.9. The van der Waals surface area contributed by atoms with Crippen LogP contribution in [-0.4, -0.2) is 66.3 Å². The summed E-state index contributed by atoms with van der Waals surface area (Å²) in [6.07, 6.45) is 5.99. The number of hydrogen-bond acceptors (Lipinski definition) is 4. The molecule has 27 heavy (non-hydrogen) atoms. The molecule has 148 valence electrons. The second-order valence-electron chi connectivity index (χ2n) is 7.51. The summed E-state index contributed by atoms with van der Waals surface area (Å²) in [5, 5.41) is 0. The van der Waals surface area contributed by atoms with Crippen LogP contribution >= 0.6 is 11.8 Å². The summed E-state index contributed by atoms with van der Waals surface area (Å²) in [6.45, 7) is 3.79. The SMILES string of the molecule is CC1CN(C(=O)c2ccccc2SCC(=O)N(C)C2CCCCC2)CCO1. The van der Waals surface area contributed by atoms with Crippen LogP contribution in [-0.2, 0) is 9.53 Å². The second-order valence-corrected chi connectivity index (χ2v) is 8.53. The number of nitrogens with zero attached hydrogens (tertiary/aromatic N) is 2. The van der Waals surface area contributed by atoms with E-state index in [2.05, 4.69) is 0 Å². The fraction of sp³-hybridized carbons (Fsp3) is 0.619. The van der Waals surface area contributed by atoms with E-state index >= 15 is 0 Å². The average Bonchev–Trinajstić information content (AvgIpc) is 2.71. The van der Waals surface area contributed by atoms with E-state index in [-0.39, 0.29) is 17.9 Å². The molecule has 0 spiro atoms. The summed E-state index contributed by atoms with van der Waals surface area (Å²) in [6, 6.07) is 7.99. The molecule has 1 heterocycles. The Labute approximate surface area is 166 Å². The molecule has 0 radical (unpaired) electrons. The van der Waals surface area contributed by atoms with Gasteiger partial charge in [-0.15, -0.1) is 11.8 Å². The normalized spacial score (nSPS) is 21.1. The molecule has 1 aromatic carbocycles. The quantitative estimate of drug-likeness (QED) is 0.723. The first-order chi connectivity index (χ1) is 13.1. The van der Waals surface area contributed by atoms with Crippen LogP contribution < -0.4 is 0 Å². The van der Waals surface area contributed by atoms with Crippen LogP contribution in [0, 0.1) is 0 Å².